The molecule has 0 unspecified atom stereocenters. The van der Waals surface area contributed by atoms with Crippen LogP contribution in [0.25, 0.3) is 11.1 Å². The zero-order valence-electron chi connectivity index (χ0n) is 10.1. The lowest BCUT2D eigenvalue weighted by atomic mass is 10.0. The van der Waals surface area contributed by atoms with E-state index in [1.54, 1.807) is 0 Å². The summed E-state index contributed by atoms with van der Waals surface area (Å²) in [6.07, 6.45) is 4.61. The van der Waals surface area contributed by atoms with Crippen LogP contribution in [0, 0.1) is 6.92 Å². The second-order valence-corrected chi connectivity index (χ2v) is 6.62. The second-order valence-electron chi connectivity index (χ2n) is 4.32. The molecule has 0 bridgehead atoms. The van der Waals surface area contributed by atoms with E-state index in [9.17, 15) is 0 Å². The maximum Gasteiger partial charge on any atom is -0.0121 e. The van der Waals surface area contributed by atoms with E-state index < -0.39 is 0 Å². The highest BCUT2D eigenvalue weighted by atomic mass is 32.2. The van der Waals surface area contributed by atoms with Crippen LogP contribution in [0.1, 0.15) is 5.56 Å². The number of hydrogen-bond donors (Lipinski definition) is 1. The van der Waals surface area contributed by atoms with Gasteiger partial charge in [0.15, 0.2) is 0 Å². The third-order valence-electron chi connectivity index (χ3n) is 2.69. The highest BCUT2D eigenvalue weighted by molar-refractivity contribution is 8.15. The predicted octanol–water partition coefficient (Wildman–Crippen LogP) is 4.28. The van der Waals surface area contributed by atoms with Crippen molar-refractivity contribution in [3.05, 3.63) is 54.1 Å². The van der Waals surface area contributed by atoms with Crippen molar-refractivity contribution < 1.29 is 0 Å². The fraction of sp³-hybridized carbons (Fsp3) is 0.200. The van der Waals surface area contributed by atoms with Crippen LogP contribution in [0.2, 0.25) is 0 Å². The molecule has 2 aromatic carbocycles. The molecule has 0 aliphatic rings. The first-order valence-corrected chi connectivity index (χ1v) is 7.75. The first kappa shape index (κ1) is 11.3. The number of thiol groups is 1. The van der Waals surface area contributed by atoms with Crippen molar-refractivity contribution in [3.63, 3.8) is 0 Å². The van der Waals surface area contributed by atoms with Gasteiger partial charge in [0.05, 0.1) is 0 Å². The molecule has 0 aliphatic heterocycles. The lowest BCUT2D eigenvalue weighted by Crippen LogP contribution is -1.84. The summed E-state index contributed by atoms with van der Waals surface area (Å²) in [6, 6.07) is 17.5. The highest BCUT2D eigenvalue weighted by Crippen LogP contribution is 2.32. The van der Waals surface area contributed by atoms with Crippen molar-refractivity contribution in [2.75, 3.05) is 12.5 Å². The molecule has 0 saturated carbocycles. The van der Waals surface area contributed by atoms with E-state index in [2.05, 4.69) is 68.0 Å². The van der Waals surface area contributed by atoms with Crippen LogP contribution in [0.4, 0.5) is 0 Å². The molecule has 0 radical (unpaired) electrons. The van der Waals surface area contributed by atoms with Crippen LogP contribution in [0.3, 0.4) is 0 Å². The molecule has 1 heteroatoms. The summed E-state index contributed by atoms with van der Waals surface area (Å²) >= 11 is 0. The van der Waals surface area contributed by atoms with Gasteiger partial charge in [-0.05, 0) is 53.2 Å². The molecule has 2 aromatic rings. The third-order valence-corrected chi connectivity index (χ3v) is 3.98. The Kier molecular flexibility index (Phi) is 3.35. The van der Waals surface area contributed by atoms with Gasteiger partial charge in [-0.2, -0.15) is 0 Å². The Morgan fingerprint density at radius 2 is 1.50 bits per heavy atom. The summed E-state index contributed by atoms with van der Waals surface area (Å²) in [6.45, 7) is 2.18. The molecule has 0 heterocycles. The molecule has 0 aliphatic carbocycles. The van der Waals surface area contributed by atoms with Crippen molar-refractivity contribution in [1.29, 1.82) is 0 Å². The fourth-order valence-electron chi connectivity index (χ4n) is 1.82. The molecule has 2 rings (SSSR count). The van der Waals surface area contributed by atoms with Gasteiger partial charge < -0.3 is 0 Å². The minimum atomic E-state index is -0.0184. The van der Waals surface area contributed by atoms with Crippen LogP contribution in [0.15, 0.2) is 53.4 Å². The van der Waals surface area contributed by atoms with Crippen LogP contribution >= 0.6 is 10.9 Å². The maximum absolute atomic E-state index is 2.33. The Labute approximate surface area is 101 Å². The smallest absolute Gasteiger partial charge is 0.0121 e. The van der Waals surface area contributed by atoms with Crippen molar-refractivity contribution in [2.45, 2.75) is 11.8 Å². The third kappa shape index (κ3) is 2.48. The van der Waals surface area contributed by atoms with Gasteiger partial charge in [0.1, 0.15) is 0 Å². The average molecular weight is 230 g/mol. The lowest BCUT2D eigenvalue weighted by Gasteiger charge is -2.13. The van der Waals surface area contributed by atoms with Crippen molar-refractivity contribution in [3.8, 4) is 11.1 Å². The van der Waals surface area contributed by atoms with Crippen LogP contribution in [-0.4, -0.2) is 12.5 Å². The number of benzene rings is 2. The van der Waals surface area contributed by atoms with E-state index in [0.717, 1.165) is 0 Å². The molecule has 0 nitrogen and oxygen atoms in total. The Bertz CT molecular complexity index is 472. The molecule has 16 heavy (non-hydrogen) atoms. The molecule has 0 amide bonds. The summed E-state index contributed by atoms with van der Waals surface area (Å²) in [5.74, 6) is 0. The van der Waals surface area contributed by atoms with Crippen LogP contribution in [-0.2, 0) is 0 Å². The Hall–Kier alpha value is -1.21. The summed E-state index contributed by atoms with van der Waals surface area (Å²) in [5, 5.41) is 0. The standard InChI is InChI=1S/C15H18S/c1-12-9-14(11-15(10-12)16(2)3)13-7-5-4-6-8-13/h4-11,16H,1-3H3. The normalized spacial score (nSPS) is 11.3. The van der Waals surface area contributed by atoms with Gasteiger partial charge >= 0.3 is 0 Å². The SMILES string of the molecule is Cc1cc(-c2ccccc2)cc([SH](C)C)c1. The van der Waals surface area contributed by atoms with Gasteiger partial charge in [0.2, 0.25) is 0 Å². The van der Waals surface area contributed by atoms with Crippen LogP contribution in [0.5, 0.6) is 0 Å². The van der Waals surface area contributed by atoms with Gasteiger partial charge in [-0.3, -0.25) is 0 Å². The first-order chi connectivity index (χ1) is 7.66. The second kappa shape index (κ2) is 4.75. The van der Waals surface area contributed by atoms with Gasteiger partial charge in [0.25, 0.3) is 0 Å². The number of hydrogen-bond acceptors (Lipinski definition) is 0. The maximum atomic E-state index is 2.33. The average Bonchev–Trinajstić information content (AvgIpc) is 2.29. The topological polar surface area (TPSA) is 0 Å². The van der Waals surface area contributed by atoms with Gasteiger partial charge in [-0.15, -0.1) is 0 Å². The fourth-order valence-corrected chi connectivity index (χ4v) is 2.68. The predicted molar refractivity (Wildman–Crippen MR) is 75.7 cm³/mol. The molecule has 84 valence electrons. The molecule has 0 spiro atoms. The molecule has 0 atom stereocenters. The Morgan fingerprint density at radius 1 is 0.812 bits per heavy atom. The van der Waals surface area contributed by atoms with Gasteiger partial charge in [-0.25, -0.2) is 10.9 Å². The van der Waals surface area contributed by atoms with Crippen molar-refractivity contribution >= 4 is 10.9 Å². The number of rotatable bonds is 2. The lowest BCUT2D eigenvalue weighted by molar-refractivity contribution is 1.36. The zero-order valence-corrected chi connectivity index (χ0v) is 11.0. The Morgan fingerprint density at radius 3 is 2.12 bits per heavy atom. The summed E-state index contributed by atoms with van der Waals surface area (Å²) in [4.78, 5) is 1.48. The van der Waals surface area contributed by atoms with Crippen molar-refractivity contribution in [2.24, 2.45) is 0 Å². The van der Waals surface area contributed by atoms with Gasteiger partial charge in [-0.1, -0.05) is 36.4 Å². The molecular formula is C15H18S. The largest absolute Gasteiger partial charge is 0.233 e. The van der Waals surface area contributed by atoms with E-state index in [0.29, 0.717) is 0 Å². The Balaban J connectivity index is 2.50. The molecule has 0 saturated heterocycles. The molecule has 0 N–H and O–H groups in total. The summed E-state index contributed by atoms with van der Waals surface area (Å²) < 4.78 is 0. The quantitative estimate of drug-likeness (QED) is 0.731. The van der Waals surface area contributed by atoms with E-state index in [1.807, 2.05) is 0 Å². The van der Waals surface area contributed by atoms with E-state index >= 15 is 0 Å². The molecular weight excluding hydrogens is 212 g/mol. The van der Waals surface area contributed by atoms with E-state index in [4.69, 9.17) is 0 Å². The molecule has 0 aromatic heterocycles. The summed E-state index contributed by atoms with van der Waals surface area (Å²) in [7, 11) is -0.0184. The van der Waals surface area contributed by atoms with E-state index in [-0.39, 0.29) is 10.9 Å². The van der Waals surface area contributed by atoms with E-state index in [1.165, 1.54) is 21.6 Å². The monoisotopic (exact) mass is 230 g/mol. The number of aryl methyl sites for hydroxylation is 1. The highest BCUT2D eigenvalue weighted by Gasteiger charge is 2.02. The summed E-state index contributed by atoms with van der Waals surface area (Å²) in [5.41, 5.74) is 4.00. The first-order valence-electron chi connectivity index (χ1n) is 5.51. The molecule has 0 fully saturated rings. The zero-order chi connectivity index (χ0) is 11.5. The minimum absolute atomic E-state index is 0.0184. The van der Waals surface area contributed by atoms with Crippen molar-refractivity contribution in [1.82, 2.24) is 0 Å². The van der Waals surface area contributed by atoms with Crippen LogP contribution < -0.4 is 0 Å². The van der Waals surface area contributed by atoms with Gasteiger partial charge in [0, 0.05) is 0 Å². The minimum Gasteiger partial charge on any atom is -0.233 e.